The largest absolute Gasteiger partial charge is 0.465 e. The number of hydrogen-bond donors (Lipinski definition) is 1. The second kappa shape index (κ2) is 5.87. The first-order valence-electron chi connectivity index (χ1n) is 5.17. The van der Waals surface area contributed by atoms with Crippen molar-refractivity contribution in [1.82, 2.24) is 5.32 Å². The summed E-state index contributed by atoms with van der Waals surface area (Å²) in [7, 11) is 1.40. The zero-order chi connectivity index (χ0) is 10.7. The summed E-state index contributed by atoms with van der Waals surface area (Å²) >= 11 is 0. The molecule has 2 rings (SSSR count). The molecule has 3 nitrogen and oxygen atoms in total. The summed E-state index contributed by atoms with van der Waals surface area (Å²) in [6.07, 6.45) is 1.09. The fourth-order valence-corrected chi connectivity index (χ4v) is 1.72. The molecule has 1 aliphatic heterocycles. The molecule has 1 aliphatic rings. The van der Waals surface area contributed by atoms with E-state index in [1.54, 1.807) is 0 Å². The van der Waals surface area contributed by atoms with Gasteiger partial charge in [-0.25, -0.2) is 4.79 Å². The van der Waals surface area contributed by atoms with Crippen LogP contribution < -0.4 is 5.32 Å². The lowest BCUT2D eigenvalue weighted by Crippen LogP contribution is -2.43. The van der Waals surface area contributed by atoms with Crippen LogP contribution in [0.5, 0.6) is 0 Å². The Morgan fingerprint density at radius 2 is 2.00 bits per heavy atom. The molecule has 0 unspecified atom stereocenters. The highest BCUT2D eigenvalue weighted by molar-refractivity contribution is 5.89. The summed E-state index contributed by atoms with van der Waals surface area (Å²) in [5, 5.41) is 3.25. The maximum atomic E-state index is 11.2. The van der Waals surface area contributed by atoms with Gasteiger partial charge in [0.25, 0.3) is 0 Å². The molecule has 16 heavy (non-hydrogen) atoms. The van der Waals surface area contributed by atoms with Crippen molar-refractivity contribution >= 4 is 18.4 Å². The predicted molar refractivity (Wildman–Crippen MR) is 65.1 cm³/mol. The summed E-state index contributed by atoms with van der Waals surface area (Å²) in [4.78, 5) is 11.2. The number of benzene rings is 1. The SMILES string of the molecule is COC(=O)c1ccc(CC2CNC2)cc1.Cl. The van der Waals surface area contributed by atoms with Gasteiger partial charge in [-0.3, -0.25) is 0 Å². The number of methoxy groups -OCH3 is 1. The van der Waals surface area contributed by atoms with E-state index in [1.807, 2.05) is 24.3 Å². The second-order valence-corrected chi connectivity index (χ2v) is 3.92. The topological polar surface area (TPSA) is 38.3 Å². The highest BCUT2D eigenvalue weighted by Crippen LogP contribution is 2.13. The Bertz CT molecular complexity index is 347. The van der Waals surface area contributed by atoms with Crippen molar-refractivity contribution in [1.29, 1.82) is 0 Å². The summed E-state index contributed by atoms with van der Waals surface area (Å²) < 4.78 is 4.64. The quantitative estimate of drug-likeness (QED) is 0.818. The third-order valence-corrected chi connectivity index (χ3v) is 2.77. The summed E-state index contributed by atoms with van der Waals surface area (Å²) in [6, 6.07) is 7.66. The van der Waals surface area contributed by atoms with Gasteiger partial charge < -0.3 is 10.1 Å². The number of halogens is 1. The Kier molecular flexibility index (Phi) is 4.77. The average Bonchev–Trinajstić information content (AvgIpc) is 2.23. The van der Waals surface area contributed by atoms with Crippen LogP contribution in [0.1, 0.15) is 15.9 Å². The zero-order valence-electron chi connectivity index (χ0n) is 9.23. The van der Waals surface area contributed by atoms with E-state index in [4.69, 9.17) is 0 Å². The van der Waals surface area contributed by atoms with E-state index in [-0.39, 0.29) is 18.4 Å². The first-order chi connectivity index (χ1) is 7.29. The minimum atomic E-state index is -0.271. The smallest absolute Gasteiger partial charge is 0.337 e. The first kappa shape index (κ1) is 13.0. The summed E-state index contributed by atoms with van der Waals surface area (Å²) in [5.74, 6) is 0.487. The van der Waals surface area contributed by atoms with E-state index < -0.39 is 0 Å². The molecule has 0 bridgehead atoms. The Labute approximate surface area is 102 Å². The van der Waals surface area contributed by atoms with Gasteiger partial charge in [-0.15, -0.1) is 12.4 Å². The maximum Gasteiger partial charge on any atom is 0.337 e. The predicted octanol–water partition coefficient (Wildman–Crippen LogP) is 1.66. The van der Waals surface area contributed by atoms with E-state index in [9.17, 15) is 4.79 Å². The minimum Gasteiger partial charge on any atom is -0.465 e. The molecule has 0 aliphatic carbocycles. The third-order valence-electron chi connectivity index (χ3n) is 2.77. The van der Waals surface area contributed by atoms with Crippen LogP contribution in [0.2, 0.25) is 0 Å². The molecule has 88 valence electrons. The normalized spacial score (nSPS) is 14.8. The van der Waals surface area contributed by atoms with Crippen molar-refractivity contribution in [2.75, 3.05) is 20.2 Å². The second-order valence-electron chi connectivity index (χ2n) is 3.92. The number of esters is 1. The molecular formula is C12H16ClNO2. The van der Waals surface area contributed by atoms with E-state index in [1.165, 1.54) is 12.7 Å². The molecule has 0 radical (unpaired) electrons. The molecule has 1 N–H and O–H groups in total. The standard InChI is InChI=1S/C12H15NO2.ClH/c1-15-12(14)11-4-2-9(3-5-11)6-10-7-13-8-10;/h2-5,10,13H,6-8H2,1H3;1H. The molecule has 1 aromatic carbocycles. The van der Waals surface area contributed by atoms with Crippen LogP contribution in [0.15, 0.2) is 24.3 Å². The van der Waals surface area contributed by atoms with E-state index in [2.05, 4.69) is 10.1 Å². The maximum absolute atomic E-state index is 11.2. The van der Waals surface area contributed by atoms with Gasteiger partial charge in [0.15, 0.2) is 0 Å². The van der Waals surface area contributed by atoms with Crippen LogP contribution in [0.4, 0.5) is 0 Å². The molecule has 0 spiro atoms. The highest BCUT2D eigenvalue weighted by Gasteiger charge is 2.16. The lowest BCUT2D eigenvalue weighted by atomic mass is 9.94. The molecule has 4 heteroatoms. The van der Waals surface area contributed by atoms with Crippen molar-refractivity contribution in [3.63, 3.8) is 0 Å². The summed E-state index contributed by atoms with van der Waals surface area (Å²) in [5.41, 5.74) is 1.90. The zero-order valence-corrected chi connectivity index (χ0v) is 10.0. The molecule has 1 saturated heterocycles. The highest BCUT2D eigenvalue weighted by atomic mass is 35.5. The lowest BCUT2D eigenvalue weighted by molar-refractivity contribution is 0.0600. The molecule has 0 amide bonds. The van der Waals surface area contributed by atoms with E-state index >= 15 is 0 Å². The van der Waals surface area contributed by atoms with Gasteiger partial charge in [-0.2, -0.15) is 0 Å². The van der Waals surface area contributed by atoms with Crippen LogP contribution in [-0.2, 0) is 11.2 Å². The van der Waals surface area contributed by atoms with E-state index in [0.717, 1.165) is 25.4 Å². The van der Waals surface area contributed by atoms with Gasteiger partial charge in [0.1, 0.15) is 0 Å². The monoisotopic (exact) mass is 241 g/mol. The van der Waals surface area contributed by atoms with Crippen molar-refractivity contribution < 1.29 is 9.53 Å². The van der Waals surface area contributed by atoms with Gasteiger partial charge in [0.2, 0.25) is 0 Å². The van der Waals surface area contributed by atoms with Gasteiger partial charge in [-0.05, 0) is 43.1 Å². The van der Waals surface area contributed by atoms with Crippen molar-refractivity contribution in [2.45, 2.75) is 6.42 Å². The molecule has 1 fully saturated rings. The van der Waals surface area contributed by atoms with Crippen molar-refractivity contribution in [3.8, 4) is 0 Å². The minimum absolute atomic E-state index is 0. The summed E-state index contributed by atoms with van der Waals surface area (Å²) in [6.45, 7) is 2.22. The number of carbonyl (C=O) groups excluding carboxylic acids is 1. The molecule has 1 aromatic rings. The lowest BCUT2D eigenvalue weighted by Gasteiger charge is -2.27. The third kappa shape index (κ3) is 2.97. The number of carbonyl (C=O) groups is 1. The van der Waals surface area contributed by atoms with Gasteiger partial charge in [0.05, 0.1) is 12.7 Å². The van der Waals surface area contributed by atoms with Gasteiger partial charge in [-0.1, -0.05) is 12.1 Å². The molecule has 0 atom stereocenters. The van der Waals surface area contributed by atoms with Crippen molar-refractivity contribution in [3.05, 3.63) is 35.4 Å². The number of ether oxygens (including phenoxy) is 1. The molecule has 0 saturated carbocycles. The van der Waals surface area contributed by atoms with Gasteiger partial charge >= 0.3 is 5.97 Å². The first-order valence-corrected chi connectivity index (χ1v) is 5.17. The van der Waals surface area contributed by atoms with Crippen LogP contribution in [-0.4, -0.2) is 26.2 Å². The van der Waals surface area contributed by atoms with Crippen LogP contribution in [0.25, 0.3) is 0 Å². The Morgan fingerprint density at radius 3 is 2.44 bits per heavy atom. The van der Waals surface area contributed by atoms with Crippen LogP contribution >= 0.6 is 12.4 Å². The van der Waals surface area contributed by atoms with Gasteiger partial charge in [0, 0.05) is 0 Å². The number of hydrogen-bond acceptors (Lipinski definition) is 3. The fourth-order valence-electron chi connectivity index (χ4n) is 1.72. The molecule has 0 aromatic heterocycles. The number of nitrogens with one attached hydrogen (secondary N) is 1. The average molecular weight is 242 g/mol. The number of rotatable bonds is 3. The molecular weight excluding hydrogens is 226 g/mol. The van der Waals surface area contributed by atoms with Crippen LogP contribution in [0.3, 0.4) is 0 Å². The Morgan fingerprint density at radius 1 is 1.38 bits per heavy atom. The van der Waals surface area contributed by atoms with E-state index in [0.29, 0.717) is 5.56 Å². The van der Waals surface area contributed by atoms with Crippen molar-refractivity contribution in [2.24, 2.45) is 5.92 Å². The fraction of sp³-hybridized carbons (Fsp3) is 0.417. The Balaban J connectivity index is 0.00000128. The molecule has 1 heterocycles. The Hall–Kier alpha value is -1.06. The van der Waals surface area contributed by atoms with Crippen LogP contribution in [0, 0.1) is 5.92 Å².